The van der Waals surface area contributed by atoms with Gasteiger partial charge in [0.1, 0.15) is 5.69 Å². The van der Waals surface area contributed by atoms with Gasteiger partial charge in [0.25, 0.3) is 5.91 Å². The second kappa shape index (κ2) is 5.42. The number of rotatable bonds is 3. The molecule has 5 nitrogen and oxygen atoms in total. The van der Waals surface area contributed by atoms with Crippen molar-refractivity contribution in [1.82, 2.24) is 4.98 Å². The number of carbonyl (C=O) groups excluding carboxylic acids is 1. The summed E-state index contributed by atoms with van der Waals surface area (Å²) in [5.74, 6) is -1.67. The van der Waals surface area contributed by atoms with E-state index in [1.54, 1.807) is 13.0 Å². The van der Waals surface area contributed by atoms with Crippen molar-refractivity contribution < 1.29 is 14.7 Å². The Morgan fingerprint density at radius 1 is 1.25 bits per heavy atom. The van der Waals surface area contributed by atoms with Gasteiger partial charge in [-0.3, -0.25) is 4.79 Å². The first-order valence-electron chi connectivity index (χ1n) is 5.97. The van der Waals surface area contributed by atoms with Gasteiger partial charge in [-0.15, -0.1) is 11.3 Å². The molecule has 0 unspecified atom stereocenters. The minimum absolute atomic E-state index is 0.0687. The molecular formula is C14H14N2O3S. The fourth-order valence-corrected chi connectivity index (χ4v) is 2.54. The van der Waals surface area contributed by atoms with Gasteiger partial charge in [0.05, 0.1) is 11.3 Å². The molecule has 2 rings (SSSR count). The van der Waals surface area contributed by atoms with Crippen LogP contribution in [-0.4, -0.2) is 22.0 Å². The van der Waals surface area contributed by atoms with Gasteiger partial charge in [-0.2, -0.15) is 0 Å². The molecule has 6 heteroatoms. The summed E-state index contributed by atoms with van der Waals surface area (Å²) in [6.07, 6.45) is 0. The number of hydrogen-bond acceptors (Lipinski definition) is 4. The van der Waals surface area contributed by atoms with Crippen molar-refractivity contribution in [2.75, 3.05) is 5.32 Å². The highest BCUT2D eigenvalue weighted by atomic mass is 32.1. The highest BCUT2D eigenvalue weighted by molar-refractivity contribution is 7.10. The Bertz CT molecular complexity index is 692. The third kappa shape index (κ3) is 2.70. The second-order valence-electron chi connectivity index (χ2n) is 4.44. The molecule has 2 aromatic heterocycles. The molecule has 0 spiro atoms. The fraction of sp³-hybridized carbons (Fsp3) is 0.214. The summed E-state index contributed by atoms with van der Waals surface area (Å²) in [6.45, 7) is 5.58. The quantitative estimate of drug-likeness (QED) is 0.910. The predicted molar refractivity (Wildman–Crippen MR) is 77.7 cm³/mol. The summed E-state index contributed by atoms with van der Waals surface area (Å²) in [6, 6.07) is 2.96. The largest absolute Gasteiger partial charge is 0.478 e. The smallest absolute Gasteiger partial charge is 0.338 e. The zero-order valence-corrected chi connectivity index (χ0v) is 12.2. The van der Waals surface area contributed by atoms with E-state index in [0.29, 0.717) is 11.4 Å². The normalized spacial score (nSPS) is 10.3. The molecule has 0 saturated carbocycles. The minimum Gasteiger partial charge on any atom is -0.478 e. The van der Waals surface area contributed by atoms with Gasteiger partial charge in [0.15, 0.2) is 0 Å². The molecule has 0 aliphatic heterocycles. The van der Waals surface area contributed by atoms with E-state index in [1.807, 2.05) is 19.2 Å². The van der Waals surface area contributed by atoms with Crippen molar-refractivity contribution in [1.29, 1.82) is 0 Å². The Morgan fingerprint density at radius 2 is 1.95 bits per heavy atom. The number of nitrogens with one attached hydrogen (secondary N) is 1. The highest BCUT2D eigenvalue weighted by Gasteiger charge is 2.19. The number of aromatic carboxylic acids is 1. The van der Waals surface area contributed by atoms with E-state index in [0.717, 1.165) is 10.4 Å². The Labute approximate surface area is 120 Å². The number of aromatic nitrogens is 1. The number of carbonyl (C=O) groups is 2. The third-order valence-corrected chi connectivity index (χ3v) is 4.03. The summed E-state index contributed by atoms with van der Waals surface area (Å²) in [7, 11) is 0. The molecule has 1 amide bonds. The molecule has 0 aliphatic rings. The number of pyridine rings is 1. The molecule has 0 saturated heterocycles. The van der Waals surface area contributed by atoms with Gasteiger partial charge < -0.3 is 10.4 Å². The maximum atomic E-state index is 12.2. The SMILES string of the molecule is Cc1ccc(C(=O)O)c(C(=O)Nc2csc(C)c2C)n1. The molecule has 0 bridgehead atoms. The number of carboxylic acid groups (broad SMARTS) is 1. The number of thiophene rings is 1. The predicted octanol–water partition coefficient (Wildman–Crippen LogP) is 3.02. The molecule has 2 N–H and O–H groups in total. The first kappa shape index (κ1) is 14.2. The molecule has 0 fully saturated rings. The molecule has 2 aromatic rings. The van der Waals surface area contributed by atoms with Crippen LogP contribution in [-0.2, 0) is 0 Å². The molecule has 2 heterocycles. The van der Waals surface area contributed by atoms with Crippen LogP contribution in [0.1, 0.15) is 37.0 Å². The number of carboxylic acids is 1. The van der Waals surface area contributed by atoms with Crippen molar-refractivity contribution in [2.24, 2.45) is 0 Å². The summed E-state index contributed by atoms with van der Waals surface area (Å²) in [4.78, 5) is 28.5. The van der Waals surface area contributed by atoms with Crippen LogP contribution < -0.4 is 5.32 Å². The lowest BCUT2D eigenvalue weighted by atomic mass is 10.1. The highest BCUT2D eigenvalue weighted by Crippen LogP contribution is 2.25. The average molecular weight is 290 g/mol. The van der Waals surface area contributed by atoms with Crippen LogP contribution >= 0.6 is 11.3 Å². The fourth-order valence-electron chi connectivity index (χ4n) is 1.72. The van der Waals surface area contributed by atoms with Crippen LogP contribution in [0, 0.1) is 20.8 Å². The molecule has 104 valence electrons. The molecule has 0 aromatic carbocycles. The van der Waals surface area contributed by atoms with Gasteiger partial charge in [-0.25, -0.2) is 9.78 Å². The van der Waals surface area contributed by atoms with E-state index in [9.17, 15) is 9.59 Å². The van der Waals surface area contributed by atoms with Gasteiger partial charge >= 0.3 is 5.97 Å². The maximum Gasteiger partial charge on any atom is 0.338 e. The van der Waals surface area contributed by atoms with E-state index in [1.165, 1.54) is 17.4 Å². The van der Waals surface area contributed by atoms with Crippen LogP contribution in [0.5, 0.6) is 0 Å². The van der Waals surface area contributed by atoms with Crippen LogP contribution in [0.3, 0.4) is 0 Å². The second-order valence-corrected chi connectivity index (χ2v) is 5.52. The zero-order valence-electron chi connectivity index (χ0n) is 11.4. The summed E-state index contributed by atoms with van der Waals surface area (Å²) < 4.78 is 0. The Kier molecular flexibility index (Phi) is 3.85. The number of anilines is 1. The summed E-state index contributed by atoms with van der Waals surface area (Å²) >= 11 is 1.53. The molecule has 0 atom stereocenters. The van der Waals surface area contributed by atoms with E-state index < -0.39 is 11.9 Å². The standard InChI is InChI=1S/C14H14N2O3S/c1-7-4-5-10(14(18)19)12(15-7)13(17)16-11-6-20-9(3)8(11)2/h4-6H,1-3H3,(H,16,17)(H,18,19). The van der Waals surface area contributed by atoms with Crippen molar-refractivity contribution >= 4 is 28.9 Å². The molecular weight excluding hydrogens is 276 g/mol. The van der Waals surface area contributed by atoms with Gasteiger partial charge in [0.2, 0.25) is 0 Å². The number of hydrogen-bond donors (Lipinski definition) is 2. The summed E-state index contributed by atoms with van der Waals surface area (Å²) in [5.41, 5.74) is 2.10. The van der Waals surface area contributed by atoms with Gasteiger partial charge in [-0.05, 0) is 38.5 Å². The lowest BCUT2D eigenvalue weighted by molar-refractivity contribution is 0.0691. The van der Waals surface area contributed by atoms with E-state index in [4.69, 9.17) is 5.11 Å². The first-order valence-corrected chi connectivity index (χ1v) is 6.85. The Hall–Kier alpha value is -2.21. The average Bonchev–Trinajstić information content (AvgIpc) is 2.70. The van der Waals surface area contributed by atoms with Crippen LogP contribution in [0.4, 0.5) is 5.69 Å². The van der Waals surface area contributed by atoms with E-state index in [-0.39, 0.29) is 11.3 Å². The number of nitrogens with zero attached hydrogens (tertiary/aromatic N) is 1. The van der Waals surface area contributed by atoms with Crippen molar-refractivity contribution in [3.05, 3.63) is 44.9 Å². The molecule has 20 heavy (non-hydrogen) atoms. The van der Waals surface area contributed by atoms with Crippen LogP contribution in [0.15, 0.2) is 17.5 Å². The number of amides is 1. The molecule has 0 aliphatic carbocycles. The van der Waals surface area contributed by atoms with E-state index >= 15 is 0 Å². The third-order valence-electron chi connectivity index (χ3n) is 3.01. The monoisotopic (exact) mass is 290 g/mol. The van der Waals surface area contributed by atoms with Gasteiger partial charge in [-0.1, -0.05) is 0 Å². The zero-order chi connectivity index (χ0) is 14.9. The Morgan fingerprint density at radius 3 is 2.50 bits per heavy atom. The topological polar surface area (TPSA) is 79.3 Å². The van der Waals surface area contributed by atoms with Crippen LogP contribution in [0.2, 0.25) is 0 Å². The van der Waals surface area contributed by atoms with Crippen LogP contribution in [0.25, 0.3) is 0 Å². The first-order chi connectivity index (χ1) is 9.40. The minimum atomic E-state index is -1.17. The lowest BCUT2D eigenvalue weighted by Gasteiger charge is -2.07. The van der Waals surface area contributed by atoms with Gasteiger partial charge in [0, 0.05) is 16.0 Å². The van der Waals surface area contributed by atoms with Crippen molar-refractivity contribution in [3.8, 4) is 0 Å². The van der Waals surface area contributed by atoms with E-state index in [2.05, 4.69) is 10.3 Å². The summed E-state index contributed by atoms with van der Waals surface area (Å²) in [5, 5.41) is 13.7. The van der Waals surface area contributed by atoms with Crippen molar-refractivity contribution in [3.63, 3.8) is 0 Å². The number of aryl methyl sites for hydroxylation is 2. The van der Waals surface area contributed by atoms with Crippen molar-refractivity contribution in [2.45, 2.75) is 20.8 Å². The lowest BCUT2D eigenvalue weighted by Crippen LogP contribution is -2.19. The maximum absolute atomic E-state index is 12.2. The molecule has 0 radical (unpaired) electrons. The Balaban J connectivity index is 2.36.